The average molecular weight is 365 g/mol. The van der Waals surface area contributed by atoms with Gasteiger partial charge in [0.2, 0.25) is 5.88 Å². The van der Waals surface area contributed by atoms with Gasteiger partial charge in [0.05, 0.1) is 5.56 Å². The van der Waals surface area contributed by atoms with Crippen LogP contribution in [0.2, 0.25) is 0 Å². The molecule has 2 heterocycles. The van der Waals surface area contributed by atoms with Gasteiger partial charge in [0, 0.05) is 43.5 Å². The lowest BCUT2D eigenvalue weighted by atomic mass is 10.1. The highest BCUT2D eigenvalue weighted by Crippen LogP contribution is 2.30. The second kappa shape index (κ2) is 7.33. The molecular weight excluding hydrogens is 347 g/mol. The fourth-order valence-electron chi connectivity index (χ4n) is 2.70. The minimum absolute atomic E-state index is 0.0489. The number of pyridine rings is 1. The fraction of sp³-hybridized carbons (Fsp3) is 0.333. The van der Waals surface area contributed by atoms with Crippen LogP contribution in [0.4, 0.5) is 13.2 Å². The van der Waals surface area contributed by atoms with Crippen molar-refractivity contribution in [2.75, 3.05) is 19.6 Å². The Morgan fingerprint density at radius 3 is 2.54 bits per heavy atom. The standard InChI is InChI=1S/C18H18F3N3O2/c1-12-10-22-8-9-24(12)17(25)13-2-5-15(6-3-13)26-16-7-4-14(11-23-16)18(19,20)21/h2-7,11-12,22H,8-10H2,1H3/t12-/m1/s1. The molecule has 0 radical (unpaired) electrons. The van der Waals surface area contributed by atoms with Crippen LogP contribution in [-0.4, -0.2) is 41.5 Å². The van der Waals surface area contributed by atoms with Gasteiger partial charge >= 0.3 is 6.18 Å². The summed E-state index contributed by atoms with van der Waals surface area (Å²) in [5.74, 6) is 0.383. The van der Waals surface area contributed by atoms with E-state index in [0.29, 0.717) is 17.9 Å². The first-order valence-corrected chi connectivity index (χ1v) is 8.17. The summed E-state index contributed by atoms with van der Waals surface area (Å²) >= 11 is 0. The molecule has 1 N–H and O–H groups in total. The SMILES string of the molecule is C[C@@H]1CNCCN1C(=O)c1ccc(Oc2ccc(C(F)(F)F)cn2)cc1. The van der Waals surface area contributed by atoms with Crippen LogP contribution in [-0.2, 0) is 6.18 Å². The van der Waals surface area contributed by atoms with Crippen LogP contribution in [0.5, 0.6) is 11.6 Å². The Hall–Kier alpha value is -2.61. The van der Waals surface area contributed by atoms with Crippen molar-refractivity contribution in [2.24, 2.45) is 0 Å². The third-order valence-corrected chi connectivity index (χ3v) is 4.15. The van der Waals surface area contributed by atoms with E-state index in [-0.39, 0.29) is 17.8 Å². The van der Waals surface area contributed by atoms with Crippen molar-refractivity contribution in [1.82, 2.24) is 15.2 Å². The first-order valence-electron chi connectivity index (χ1n) is 8.17. The van der Waals surface area contributed by atoms with Crippen LogP contribution < -0.4 is 10.1 Å². The highest BCUT2D eigenvalue weighted by atomic mass is 19.4. The van der Waals surface area contributed by atoms with E-state index < -0.39 is 11.7 Å². The Morgan fingerprint density at radius 2 is 1.96 bits per heavy atom. The molecule has 5 nitrogen and oxygen atoms in total. The second-order valence-electron chi connectivity index (χ2n) is 6.06. The number of benzene rings is 1. The maximum atomic E-state index is 12.5. The molecule has 26 heavy (non-hydrogen) atoms. The summed E-state index contributed by atoms with van der Waals surface area (Å²) in [6.45, 7) is 4.15. The molecule has 1 atom stereocenters. The van der Waals surface area contributed by atoms with Gasteiger partial charge in [0.1, 0.15) is 5.75 Å². The molecule has 3 rings (SSSR count). The number of aromatic nitrogens is 1. The van der Waals surface area contributed by atoms with Gasteiger partial charge in [0.25, 0.3) is 5.91 Å². The van der Waals surface area contributed by atoms with Crippen molar-refractivity contribution in [3.63, 3.8) is 0 Å². The van der Waals surface area contributed by atoms with Crippen LogP contribution >= 0.6 is 0 Å². The number of ether oxygens (including phenoxy) is 1. The molecule has 1 aliphatic rings. The minimum Gasteiger partial charge on any atom is -0.439 e. The number of nitrogens with zero attached hydrogens (tertiary/aromatic N) is 2. The molecule has 1 amide bonds. The maximum absolute atomic E-state index is 12.5. The highest BCUT2D eigenvalue weighted by molar-refractivity contribution is 5.94. The summed E-state index contributed by atoms with van der Waals surface area (Å²) in [6, 6.07) is 8.64. The van der Waals surface area contributed by atoms with Crippen molar-refractivity contribution in [3.8, 4) is 11.6 Å². The number of carbonyl (C=O) groups excluding carboxylic acids is 1. The van der Waals surface area contributed by atoms with Crippen LogP contribution in [0.3, 0.4) is 0 Å². The number of amides is 1. The number of carbonyl (C=O) groups is 1. The molecule has 1 fully saturated rings. The largest absolute Gasteiger partial charge is 0.439 e. The Balaban J connectivity index is 1.67. The number of rotatable bonds is 3. The number of nitrogens with one attached hydrogen (secondary N) is 1. The van der Waals surface area contributed by atoms with E-state index in [1.54, 1.807) is 24.3 Å². The summed E-state index contributed by atoms with van der Waals surface area (Å²) in [6.07, 6.45) is -3.71. The molecule has 0 aliphatic carbocycles. The van der Waals surface area contributed by atoms with Crippen LogP contribution in [0.1, 0.15) is 22.8 Å². The summed E-state index contributed by atoms with van der Waals surface area (Å²) in [5.41, 5.74) is -0.303. The molecule has 0 bridgehead atoms. The van der Waals surface area contributed by atoms with Crippen molar-refractivity contribution < 1.29 is 22.7 Å². The molecule has 1 aromatic carbocycles. The Kier molecular flexibility index (Phi) is 5.13. The van der Waals surface area contributed by atoms with Crippen molar-refractivity contribution in [1.29, 1.82) is 0 Å². The zero-order valence-electron chi connectivity index (χ0n) is 14.1. The van der Waals surface area contributed by atoms with Crippen molar-refractivity contribution in [2.45, 2.75) is 19.1 Å². The first kappa shape index (κ1) is 18.2. The first-order chi connectivity index (χ1) is 12.3. The summed E-state index contributed by atoms with van der Waals surface area (Å²) in [4.78, 5) is 18.0. The predicted octanol–water partition coefficient (Wildman–Crippen LogP) is 3.33. The monoisotopic (exact) mass is 365 g/mol. The highest BCUT2D eigenvalue weighted by Gasteiger charge is 2.30. The predicted molar refractivity (Wildman–Crippen MR) is 89.1 cm³/mol. The van der Waals surface area contributed by atoms with E-state index >= 15 is 0 Å². The molecule has 138 valence electrons. The van der Waals surface area contributed by atoms with Gasteiger partial charge in [-0.1, -0.05) is 0 Å². The lowest BCUT2D eigenvalue weighted by Gasteiger charge is -2.34. The number of halogens is 3. The quantitative estimate of drug-likeness (QED) is 0.907. The lowest BCUT2D eigenvalue weighted by molar-refractivity contribution is -0.137. The molecule has 0 spiro atoms. The van der Waals surface area contributed by atoms with E-state index in [1.165, 1.54) is 0 Å². The molecule has 0 saturated carbocycles. The number of alkyl halides is 3. The lowest BCUT2D eigenvalue weighted by Crippen LogP contribution is -2.52. The van der Waals surface area contributed by atoms with Gasteiger partial charge in [-0.25, -0.2) is 4.98 Å². The molecular formula is C18H18F3N3O2. The average Bonchev–Trinajstić information content (AvgIpc) is 2.62. The van der Waals surface area contributed by atoms with E-state index in [4.69, 9.17) is 4.74 Å². The molecule has 0 unspecified atom stereocenters. The van der Waals surface area contributed by atoms with E-state index in [2.05, 4.69) is 10.3 Å². The number of piperazine rings is 1. The third-order valence-electron chi connectivity index (χ3n) is 4.15. The molecule has 8 heteroatoms. The minimum atomic E-state index is -4.44. The molecule has 2 aromatic rings. The summed E-state index contributed by atoms with van der Waals surface area (Å²) in [5, 5.41) is 3.23. The zero-order valence-corrected chi connectivity index (χ0v) is 14.1. The number of hydrogen-bond donors (Lipinski definition) is 1. The normalized spacial score (nSPS) is 17.8. The topological polar surface area (TPSA) is 54.5 Å². The van der Waals surface area contributed by atoms with Gasteiger partial charge in [-0.3, -0.25) is 4.79 Å². The van der Waals surface area contributed by atoms with Gasteiger partial charge in [-0.15, -0.1) is 0 Å². The molecule has 1 saturated heterocycles. The van der Waals surface area contributed by atoms with Gasteiger partial charge in [-0.2, -0.15) is 13.2 Å². The second-order valence-corrected chi connectivity index (χ2v) is 6.06. The Morgan fingerprint density at radius 1 is 1.23 bits per heavy atom. The Labute approximate surface area is 148 Å². The maximum Gasteiger partial charge on any atom is 0.417 e. The van der Waals surface area contributed by atoms with Crippen molar-refractivity contribution >= 4 is 5.91 Å². The molecule has 1 aromatic heterocycles. The molecule has 1 aliphatic heterocycles. The summed E-state index contributed by atoms with van der Waals surface area (Å²) in [7, 11) is 0. The van der Waals surface area contributed by atoms with Gasteiger partial charge in [0.15, 0.2) is 0 Å². The smallest absolute Gasteiger partial charge is 0.417 e. The van der Waals surface area contributed by atoms with Crippen LogP contribution in [0.15, 0.2) is 42.6 Å². The Bertz CT molecular complexity index is 761. The number of hydrogen-bond acceptors (Lipinski definition) is 4. The van der Waals surface area contributed by atoms with Gasteiger partial charge < -0.3 is 15.0 Å². The zero-order chi connectivity index (χ0) is 18.7. The van der Waals surface area contributed by atoms with Crippen LogP contribution in [0, 0.1) is 0 Å². The van der Waals surface area contributed by atoms with E-state index in [0.717, 1.165) is 31.4 Å². The fourth-order valence-corrected chi connectivity index (χ4v) is 2.70. The summed E-state index contributed by atoms with van der Waals surface area (Å²) < 4.78 is 43.0. The van der Waals surface area contributed by atoms with Gasteiger partial charge in [-0.05, 0) is 37.3 Å². The van der Waals surface area contributed by atoms with E-state index in [9.17, 15) is 18.0 Å². The van der Waals surface area contributed by atoms with Crippen LogP contribution in [0.25, 0.3) is 0 Å². The van der Waals surface area contributed by atoms with Crippen molar-refractivity contribution in [3.05, 3.63) is 53.7 Å². The van der Waals surface area contributed by atoms with E-state index in [1.807, 2.05) is 11.8 Å². The third kappa shape index (κ3) is 4.13.